The minimum atomic E-state index is -0.184. The quantitative estimate of drug-likeness (QED) is 0.353. The molecule has 1 aromatic rings. The summed E-state index contributed by atoms with van der Waals surface area (Å²) in [6.45, 7) is 5.95. The summed E-state index contributed by atoms with van der Waals surface area (Å²) >= 11 is 0. The van der Waals surface area contributed by atoms with Gasteiger partial charge in [0.05, 0.1) is 6.10 Å². The predicted octanol–water partition coefficient (Wildman–Crippen LogP) is 3.23. The molecule has 20 heavy (non-hydrogen) atoms. The van der Waals surface area contributed by atoms with E-state index in [2.05, 4.69) is 16.2 Å². The first-order chi connectivity index (χ1) is 9.05. The Labute approximate surface area is 138 Å². The third kappa shape index (κ3) is 6.66. The van der Waals surface area contributed by atoms with Crippen molar-refractivity contribution in [3.8, 4) is 18.1 Å². The molecule has 0 bridgehead atoms. The highest BCUT2D eigenvalue weighted by Crippen LogP contribution is 2.16. The number of nitrogens with one attached hydrogen (secondary N) is 1. The summed E-state index contributed by atoms with van der Waals surface area (Å²) in [4.78, 5) is 4.20. The Balaban J connectivity index is 0.00000361. The van der Waals surface area contributed by atoms with E-state index in [0.29, 0.717) is 5.96 Å². The third-order valence-corrected chi connectivity index (χ3v) is 2.37. The Hall–Kier alpha value is -1.42. The second-order valence-electron chi connectivity index (χ2n) is 4.42. The molecule has 110 valence electrons. The lowest BCUT2D eigenvalue weighted by molar-refractivity contribution is 0.242. The van der Waals surface area contributed by atoms with Crippen LogP contribution in [-0.4, -0.2) is 18.1 Å². The van der Waals surface area contributed by atoms with Gasteiger partial charge in [0, 0.05) is 5.69 Å². The number of benzene rings is 1. The second-order valence-corrected chi connectivity index (χ2v) is 4.42. The molecule has 5 heteroatoms. The van der Waals surface area contributed by atoms with Crippen molar-refractivity contribution in [1.82, 2.24) is 0 Å². The highest BCUT2D eigenvalue weighted by atomic mass is 127. The molecule has 0 spiro atoms. The maximum Gasteiger partial charge on any atom is 0.194 e. The topological polar surface area (TPSA) is 59.6 Å². The van der Waals surface area contributed by atoms with Crippen LogP contribution in [0.3, 0.4) is 0 Å². The van der Waals surface area contributed by atoms with Gasteiger partial charge in [0.2, 0.25) is 0 Å². The zero-order chi connectivity index (χ0) is 14.3. The Kier molecular flexibility index (Phi) is 8.81. The number of hydrogen-bond donors (Lipinski definition) is 2. The highest BCUT2D eigenvalue weighted by Gasteiger charge is 2.02. The van der Waals surface area contributed by atoms with E-state index in [9.17, 15) is 0 Å². The van der Waals surface area contributed by atoms with Gasteiger partial charge in [0.15, 0.2) is 5.96 Å². The van der Waals surface area contributed by atoms with Crippen LogP contribution >= 0.6 is 24.0 Å². The summed E-state index contributed by atoms with van der Waals surface area (Å²) in [6.07, 6.45) is 6.26. The van der Waals surface area contributed by atoms with Gasteiger partial charge in [-0.05, 0) is 44.5 Å². The van der Waals surface area contributed by atoms with E-state index in [1.807, 2.05) is 45.0 Å². The second kappa shape index (κ2) is 9.48. The number of aliphatic imine (C=N–C) groups is 1. The summed E-state index contributed by atoms with van der Waals surface area (Å²) in [7, 11) is 0. The van der Waals surface area contributed by atoms with Crippen molar-refractivity contribution in [2.45, 2.75) is 39.3 Å². The molecule has 3 N–H and O–H groups in total. The van der Waals surface area contributed by atoms with Crippen LogP contribution in [0.1, 0.15) is 27.2 Å². The van der Waals surface area contributed by atoms with E-state index in [0.717, 1.165) is 17.9 Å². The van der Waals surface area contributed by atoms with Crippen molar-refractivity contribution >= 4 is 35.6 Å². The van der Waals surface area contributed by atoms with Crippen LogP contribution < -0.4 is 15.8 Å². The standard InChI is InChI=1S/C15H21N3O.HI/c1-5-12(6-2)17-15(16)18-13-7-9-14(10-8-13)19-11(3)4;/h1,7-12H,6H2,2-4H3,(H3,16,17,18);1H. The van der Waals surface area contributed by atoms with E-state index < -0.39 is 0 Å². The van der Waals surface area contributed by atoms with E-state index >= 15 is 0 Å². The summed E-state index contributed by atoms with van der Waals surface area (Å²) in [5.41, 5.74) is 6.64. The number of hydrogen-bond acceptors (Lipinski definition) is 2. The van der Waals surface area contributed by atoms with E-state index in [1.165, 1.54) is 0 Å². The van der Waals surface area contributed by atoms with Gasteiger partial charge in [0.1, 0.15) is 11.8 Å². The van der Waals surface area contributed by atoms with Crippen LogP contribution in [0.25, 0.3) is 0 Å². The molecule has 0 aliphatic heterocycles. The fraction of sp³-hybridized carbons (Fsp3) is 0.400. The maximum atomic E-state index is 5.79. The SMILES string of the molecule is C#CC(CC)N=C(N)Nc1ccc(OC(C)C)cc1.I. The van der Waals surface area contributed by atoms with Crippen LogP contribution in [0.5, 0.6) is 5.75 Å². The molecule has 0 saturated heterocycles. The molecular formula is C15H22IN3O. The van der Waals surface area contributed by atoms with Crippen LogP contribution in [0.15, 0.2) is 29.3 Å². The van der Waals surface area contributed by atoms with E-state index in [-0.39, 0.29) is 36.1 Å². The molecule has 0 fully saturated rings. The first kappa shape index (κ1) is 18.6. The average molecular weight is 387 g/mol. The lowest BCUT2D eigenvalue weighted by atomic mass is 10.2. The first-order valence-corrected chi connectivity index (χ1v) is 6.38. The van der Waals surface area contributed by atoms with Crippen LogP contribution in [0, 0.1) is 12.3 Å². The fourth-order valence-electron chi connectivity index (χ4n) is 1.48. The van der Waals surface area contributed by atoms with Gasteiger partial charge < -0.3 is 15.8 Å². The number of halogens is 1. The molecule has 1 atom stereocenters. The molecule has 1 aromatic carbocycles. The minimum Gasteiger partial charge on any atom is -0.491 e. The molecule has 0 aliphatic carbocycles. The Morgan fingerprint density at radius 2 is 2.00 bits per heavy atom. The minimum absolute atomic E-state index is 0. The third-order valence-electron chi connectivity index (χ3n) is 2.37. The van der Waals surface area contributed by atoms with Crippen LogP contribution in [0.2, 0.25) is 0 Å². The van der Waals surface area contributed by atoms with Gasteiger partial charge in [-0.2, -0.15) is 0 Å². The Morgan fingerprint density at radius 3 is 2.45 bits per heavy atom. The Morgan fingerprint density at radius 1 is 1.40 bits per heavy atom. The monoisotopic (exact) mass is 387 g/mol. The molecule has 0 aromatic heterocycles. The molecule has 4 nitrogen and oxygen atoms in total. The Bertz CT molecular complexity index is 463. The summed E-state index contributed by atoms with van der Waals surface area (Å²) in [5.74, 6) is 3.72. The lowest BCUT2D eigenvalue weighted by Gasteiger charge is -2.11. The summed E-state index contributed by atoms with van der Waals surface area (Å²) in [5, 5.41) is 3.00. The van der Waals surface area contributed by atoms with E-state index in [4.69, 9.17) is 16.9 Å². The normalized spacial score (nSPS) is 12.2. The molecule has 0 heterocycles. The smallest absolute Gasteiger partial charge is 0.194 e. The van der Waals surface area contributed by atoms with Crippen molar-refractivity contribution in [3.63, 3.8) is 0 Å². The molecule has 0 amide bonds. The zero-order valence-corrected chi connectivity index (χ0v) is 14.4. The van der Waals surface area contributed by atoms with Crippen molar-refractivity contribution in [2.75, 3.05) is 5.32 Å². The molecule has 1 rings (SSSR count). The lowest BCUT2D eigenvalue weighted by Crippen LogP contribution is -2.24. The highest BCUT2D eigenvalue weighted by molar-refractivity contribution is 14.0. The number of terminal acetylenes is 1. The average Bonchev–Trinajstić information content (AvgIpc) is 2.37. The summed E-state index contributed by atoms with van der Waals surface area (Å²) in [6, 6.07) is 7.35. The number of nitrogens with zero attached hydrogens (tertiary/aromatic N) is 1. The van der Waals surface area contributed by atoms with Crippen molar-refractivity contribution in [1.29, 1.82) is 0 Å². The maximum absolute atomic E-state index is 5.79. The first-order valence-electron chi connectivity index (χ1n) is 6.38. The number of ether oxygens (including phenoxy) is 1. The van der Waals surface area contributed by atoms with Gasteiger partial charge in [-0.15, -0.1) is 30.4 Å². The molecular weight excluding hydrogens is 365 g/mol. The van der Waals surface area contributed by atoms with Gasteiger partial charge in [-0.3, -0.25) is 0 Å². The molecule has 0 aliphatic rings. The number of guanidine groups is 1. The summed E-state index contributed by atoms with van der Waals surface area (Å²) < 4.78 is 5.56. The zero-order valence-electron chi connectivity index (χ0n) is 12.1. The van der Waals surface area contributed by atoms with E-state index in [1.54, 1.807) is 0 Å². The van der Waals surface area contributed by atoms with Crippen LogP contribution in [-0.2, 0) is 0 Å². The van der Waals surface area contributed by atoms with Gasteiger partial charge in [-0.25, -0.2) is 4.99 Å². The number of nitrogens with two attached hydrogens (primary N) is 1. The van der Waals surface area contributed by atoms with Crippen molar-refractivity contribution in [2.24, 2.45) is 10.7 Å². The molecule has 0 radical (unpaired) electrons. The van der Waals surface area contributed by atoms with Gasteiger partial charge in [-0.1, -0.05) is 12.8 Å². The van der Waals surface area contributed by atoms with Gasteiger partial charge in [0.25, 0.3) is 0 Å². The van der Waals surface area contributed by atoms with Crippen LogP contribution in [0.4, 0.5) is 5.69 Å². The largest absolute Gasteiger partial charge is 0.491 e. The predicted molar refractivity (Wildman–Crippen MR) is 95.8 cm³/mol. The number of rotatable bonds is 5. The van der Waals surface area contributed by atoms with Crippen molar-refractivity contribution < 1.29 is 4.74 Å². The van der Waals surface area contributed by atoms with Crippen molar-refractivity contribution in [3.05, 3.63) is 24.3 Å². The fourth-order valence-corrected chi connectivity index (χ4v) is 1.48. The number of anilines is 1. The molecule has 0 saturated carbocycles. The van der Waals surface area contributed by atoms with Gasteiger partial charge >= 0.3 is 0 Å². The molecule has 1 unspecified atom stereocenters.